The summed E-state index contributed by atoms with van der Waals surface area (Å²) in [6, 6.07) is 27.3. The average Bonchev–Trinajstić information content (AvgIpc) is 3.78. The molecule has 1 fully saturated rings. The predicted octanol–water partition coefficient (Wildman–Crippen LogP) is 7.50. The number of aliphatic hydroxyl groups is 1. The van der Waals surface area contributed by atoms with Crippen LogP contribution in [0.5, 0.6) is 11.5 Å². The fourth-order valence-corrected chi connectivity index (χ4v) is 7.49. The van der Waals surface area contributed by atoms with Crippen LogP contribution in [-0.2, 0) is 28.4 Å². The molecule has 0 unspecified atom stereocenters. The maximum Gasteiger partial charge on any atom is 0.301 e. The summed E-state index contributed by atoms with van der Waals surface area (Å²) >= 11 is 2.55. The number of aromatic nitrogens is 2. The lowest BCUT2D eigenvalue weighted by Gasteiger charge is -2.23. The summed E-state index contributed by atoms with van der Waals surface area (Å²) < 4.78 is 25.8. The zero-order valence-corrected chi connectivity index (χ0v) is 26.8. The van der Waals surface area contributed by atoms with Crippen LogP contribution in [0.15, 0.2) is 107 Å². The number of ketones is 1. The van der Waals surface area contributed by atoms with Crippen LogP contribution >= 0.6 is 23.1 Å². The highest BCUT2D eigenvalue weighted by Crippen LogP contribution is 2.45. The molecule has 8 nitrogen and oxygen atoms in total. The fraction of sp³-hybridized carbons (Fsp3) is 0.167. The normalized spacial score (nSPS) is 18.3. The number of rotatable bonds is 9. The maximum absolute atomic E-state index is 13.8. The van der Waals surface area contributed by atoms with Crippen LogP contribution in [0.3, 0.4) is 0 Å². The SMILES string of the molecule is C[C@H]1Cc2cc(C(O)=C3C(=O)C(=O)N(c4nnc(SCc5ccc(F)cc5)s4)[C@@H]3c3cccc(OCc4ccccc4)c3)ccc2O1. The van der Waals surface area contributed by atoms with Gasteiger partial charge in [0.1, 0.15) is 35.8 Å². The number of Topliss-reactive ketones (excluding diaryl/α,β-unsaturated/α-hetero) is 1. The van der Waals surface area contributed by atoms with E-state index in [0.717, 1.165) is 33.8 Å². The van der Waals surface area contributed by atoms with Gasteiger partial charge in [-0.1, -0.05) is 77.7 Å². The molecule has 1 amide bonds. The lowest BCUT2D eigenvalue weighted by Crippen LogP contribution is -2.29. The van der Waals surface area contributed by atoms with Crippen molar-refractivity contribution < 1.29 is 28.6 Å². The van der Waals surface area contributed by atoms with Crippen molar-refractivity contribution in [3.05, 3.63) is 136 Å². The number of ether oxygens (including phenoxy) is 2. The van der Waals surface area contributed by atoms with Crippen molar-refractivity contribution in [3.63, 3.8) is 0 Å². The lowest BCUT2D eigenvalue weighted by molar-refractivity contribution is -0.132. The third-order valence-corrected chi connectivity index (χ3v) is 10.0. The molecule has 47 heavy (non-hydrogen) atoms. The third kappa shape index (κ3) is 6.36. The van der Waals surface area contributed by atoms with Crippen molar-refractivity contribution in [1.82, 2.24) is 10.2 Å². The summed E-state index contributed by atoms with van der Waals surface area (Å²) in [6.07, 6.45) is 0.664. The van der Waals surface area contributed by atoms with E-state index in [-0.39, 0.29) is 28.4 Å². The van der Waals surface area contributed by atoms with Gasteiger partial charge >= 0.3 is 5.91 Å². The van der Waals surface area contributed by atoms with Crippen molar-refractivity contribution in [1.29, 1.82) is 0 Å². The molecule has 236 valence electrons. The van der Waals surface area contributed by atoms with E-state index in [4.69, 9.17) is 9.47 Å². The summed E-state index contributed by atoms with van der Waals surface area (Å²) in [4.78, 5) is 28.8. The Morgan fingerprint density at radius 1 is 1.00 bits per heavy atom. The second-order valence-electron chi connectivity index (χ2n) is 11.2. The Labute approximate surface area is 278 Å². The number of aliphatic hydroxyl groups excluding tert-OH is 1. The number of hydrogen-bond acceptors (Lipinski definition) is 9. The molecular weight excluding hydrogens is 638 g/mol. The molecule has 0 radical (unpaired) electrons. The smallest absolute Gasteiger partial charge is 0.301 e. The second-order valence-corrected chi connectivity index (χ2v) is 13.4. The zero-order chi connectivity index (χ0) is 32.5. The van der Waals surface area contributed by atoms with Gasteiger partial charge in [0.2, 0.25) is 5.13 Å². The van der Waals surface area contributed by atoms with Crippen molar-refractivity contribution in [2.45, 2.75) is 42.2 Å². The number of anilines is 1. The highest BCUT2D eigenvalue weighted by atomic mass is 32.2. The minimum atomic E-state index is -0.999. The van der Waals surface area contributed by atoms with E-state index in [9.17, 15) is 19.1 Å². The minimum absolute atomic E-state index is 0.000807. The predicted molar refractivity (Wildman–Crippen MR) is 178 cm³/mol. The summed E-state index contributed by atoms with van der Waals surface area (Å²) in [6.45, 7) is 2.29. The molecule has 2 aliphatic rings. The van der Waals surface area contributed by atoms with E-state index < -0.39 is 17.7 Å². The van der Waals surface area contributed by atoms with Gasteiger partial charge in [0.25, 0.3) is 5.78 Å². The molecule has 1 N–H and O–H groups in total. The number of halogens is 1. The Morgan fingerprint density at radius 2 is 1.81 bits per heavy atom. The molecule has 5 aromatic rings. The van der Waals surface area contributed by atoms with Crippen LogP contribution < -0.4 is 14.4 Å². The molecular formula is C36H28FN3O5S2. The van der Waals surface area contributed by atoms with Crippen molar-refractivity contribution in [2.24, 2.45) is 0 Å². The Kier molecular flexibility index (Phi) is 8.48. The van der Waals surface area contributed by atoms with Crippen LogP contribution in [0.4, 0.5) is 9.52 Å². The van der Waals surface area contributed by atoms with Gasteiger partial charge in [0, 0.05) is 17.7 Å². The molecule has 7 rings (SSSR count). The lowest BCUT2D eigenvalue weighted by atomic mass is 9.94. The van der Waals surface area contributed by atoms with Gasteiger partial charge in [-0.2, -0.15) is 0 Å². The Bertz CT molecular complexity index is 2000. The monoisotopic (exact) mass is 665 g/mol. The molecule has 11 heteroatoms. The number of carbonyl (C=O) groups excluding carboxylic acids is 2. The summed E-state index contributed by atoms with van der Waals surface area (Å²) in [7, 11) is 0. The van der Waals surface area contributed by atoms with Gasteiger partial charge < -0.3 is 14.6 Å². The first-order chi connectivity index (χ1) is 22.8. The third-order valence-electron chi connectivity index (χ3n) is 7.91. The molecule has 3 heterocycles. The largest absolute Gasteiger partial charge is 0.507 e. The quantitative estimate of drug-likeness (QED) is 0.0568. The number of amides is 1. The highest BCUT2D eigenvalue weighted by molar-refractivity contribution is 8.00. The summed E-state index contributed by atoms with van der Waals surface area (Å²) in [5.74, 6) is -0.477. The zero-order valence-electron chi connectivity index (χ0n) is 25.1. The van der Waals surface area contributed by atoms with Crippen molar-refractivity contribution in [3.8, 4) is 11.5 Å². The number of hydrogen-bond donors (Lipinski definition) is 1. The summed E-state index contributed by atoms with van der Waals surface area (Å²) in [5.41, 5.74) is 3.71. The van der Waals surface area contributed by atoms with Crippen molar-refractivity contribution in [2.75, 3.05) is 4.90 Å². The van der Waals surface area contributed by atoms with E-state index >= 15 is 0 Å². The number of nitrogens with zero attached hydrogens (tertiary/aromatic N) is 3. The molecule has 2 aliphatic heterocycles. The number of benzene rings is 4. The second kappa shape index (κ2) is 13.0. The number of fused-ring (bicyclic) bond motifs is 1. The molecule has 0 spiro atoms. The van der Waals surface area contributed by atoms with E-state index in [1.54, 1.807) is 54.6 Å². The first-order valence-corrected chi connectivity index (χ1v) is 16.7. The first kappa shape index (κ1) is 30.6. The van der Waals surface area contributed by atoms with Gasteiger partial charge in [-0.3, -0.25) is 14.5 Å². The van der Waals surface area contributed by atoms with E-state index in [1.165, 1.54) is 28.8 Å². The fourth-order valence-electron chi connectivity index (χ4n) is 5.67. The molecule has 1 saturated heterocycles. The molecule has 0 bridgehead atoms. The van der Waals surface area contributed by atoms with Crippen molar-refractivity contribution >= 4 is 45.7 Å². The van der Waals surface area contributed by atoms with Gasteiger partial charge in [-0.25, -0.2) is 4.39 Å². The number of thioether (sulfide) groups is 1. The summed E-state index contributed by atoms with van der Waals surface area (Å²) in [5, 5.41) is 20.5. The molecule has 4 aromatic carbocycles. The Morgan fingerprint density at radius 3 is 2.62 bits per heavy atom. The van der Waals surface area contributed by atoms with Crippen LogP contribution in [0, 0.1) is 5.82 Å². The average molecular weight is 666 g/mol. The minimum Gasteiger partial charge on any atom is -0.507 e. The van der Waals surface area contributed by atoms with E-state index in [0.29, 0.717) is 40.0 Å². The molecule has 0 saturated carbocycles. The van der Waals surface area contributed by atoms with Crippen LogP contribution in [0.2, 0.25) is 0 Å². The highest BCUT2D eigenvalue weighted by Gasteiger charge is 2.48. The Balaban J connectivity index is 1.25. The Hall–Kier alpha value is -5.00. The molecule has 0 aliphatic carbocycles. The standard InChI is InChI=1S/C36H28FN3O5S2/c1-21-16-26-17-25(12-15-29(26)45-21)32(41)30-31(24-8-5-9-28(18-24)44-19-22-6-3-2-4-7-22)40(34(43)33(30)42)35-38-39-36(47-35)46-20-23-10-13-27(37)14-11-23/h2-15,17-18,21,31,41H,16,19-20H2,1H3/t21-,31+/m0/s1. The molecule has 2 atom stereocenters. The van der Waals surface area contributed by atoms with Gasteiger partial charge in [0.15, 0.2) is 4.34 Å². The topological polar surface area (TPSA) is 102 Å². The maximum atomic E-state index is 13.8. The number of carbonyl (C=O) groups is 2. The van der Waals surface area contributed by atoms with Gasteiger partial charge in [0.05, 0.1) is 11.6 Å². The van der Waals surface area contributed by atoms with E-state index in [2.05, 4.69) is 10.2 Å². The molecule has 1 aromatic heterocycles. The van der Waals surface area contributed by atoms with Crippen LogP contribution in [0.1, 0.15) is 40.8 Å². The van der Waals surface area contributed by atoms with Gasteiger partial charge in [-0.05, 0) is 71.6 Å². The van der Waals surface area contributed by atoms with Gasteiger partial charge in [-0.15, -0.1) is 10.2 Å². The van der Waals surface area contributed by atoms with Crippen LogP contribution in [-0.4, -0.2) is 33.1 Å². The first-order valence-electron chi connectivity index (χ1n) is 14.9. The van der Waals surface area contributed by atoms with Crippen LogP contribution in [0.25, 0.3) is 5.76 Å². The van der Waals surface area contributed by atoms with E-state index in [1.807, 2.05) is 37.3 Å².